The molecule has 170 valence electrons. The fraction of sp³-hybridized carbons (Fsp3) is 0.320. The van der Waals surface area contributed by atoms with Crippen LogP contribution in [0.1, 0.15) is 30.3 Å². The average Bonchev–Trinajstić information content (AvgIpc) is 3.33. The van der Waals surface area contributed by atoms with Crippen LogP contribution in [0, 0.1) is 6.92 Å². The summed E-state index contributed by atoms with van der Waals surface area (Å²) in [7, 11) is 0. The van der Waals surface area contributed by atoms with Crippen molar-refractivity contribution in [3.05, 3.63) is 66.1 Å². The van der Waals surface area contributed by atoms with Crippen molar-refractivity contribution in [3.8, 4) is 17.2 Å². The number of amides is 1. The van der Waals surface area contributed by atoms with E-state index in [4.69, 9.17) is 14.2 Å². The molecule has 2 aliphatic rings. The van der Waals surface area contributed by atoms with E-state index in [9.17, 15) is 4.79 Å². The third-order valence-corrected chi connectivity index (χ3v) is 5.74. The van der Waals surface area contributed by atoms with Gasteiger partial charge in [0.1, 0.15) is 24.8 Å². The topological polar surface area (TPSA) is 85.8 Å². The summed E-state index contributed by atoms with van der Waals surface area (Å²) < 4.78 is 16.9. The van der Waals surface area contributed by atoms with Gasteiger partial charge in [-0.05, 0) is 56.2 Å². The number of anilines is 2. The molecule has 1 amide bonds. The lowest BCUT2D eigenvalue weighted by Crippen LogP contribution is -2.34. The summed E-state index contributed by atoms with van der Waals surface area (Å²) in [6.07, 6.45) is 3.61. The van der Waals surface area contributed by atoms with Gasteiger partial charge in [0.15, 0.2) is 18.1 Å². The Balaban J connectivity index is 1.21. The van der Waals surface area contributed by atoms with E-state index in [-0.39, 0.29) is 18.6 Å². The predicted octanol–water partition coefficient (Wildman–Crippen LogP) is 4.04. The van der Waals surface area contributed by atoms with Crippen LogP contribution in [0.4, 0.5) is 11.5 Å². The molecule has 1 saturated heterocycles. The van der Waals surface area contributed by atoms with Gasteiger partial charge < -0.3 is 24.4 Å². The first-order chi connectivity index (χ1) is 16.2. The lowest BCUT2D eigenvalue weighted by Gasteiger charge is -2.25. The quantitative estimate of drug-likeness (QED) is 0.612. The first-order valence-corrected chi connectivity index (χ1v) is 11.1. The molecule has 1 N–H and O–H groups in total. The van der Waals surface area contributed by atoms with Gasteiger partial charge in [0, 0.05) is 18.3 Å². The molecule has 0 spiro atoms. The zero-order valence-corrected chi connectivity index (χ0v) is 18.5. The summed E-state index contributed by atoms with van der Waals surface area (Å²) in [4.78, 5) is 23.9. The second-order valence-electron chi connectivity index (χ2n) is 8.10. The normalized spacial score (nSPS) is 17.0. The number of hydrogen-bond acceptors (Lipinski definition) is 7. The van der Waals surface area contributed by atoms with Crippen molar-refractivity contribution in [2.75, 3.05) is 31.7 Å². The minimum atomic E-state index is -0.0552. The highest BCUT2D eigenvalue weighted by atomic mass is 16.6. The second kappa shape index (κ2) is 9.36. The summed E-state index contributed by atoms with van der Waals surface area (Å²) in [6, 6.07) is 15.1. The summed E-state index contributed by atoms with van der Waals surface area (Å²) in [5.41, 5.74) is 2.68. The zero-order valence-electron chi connectivity index (χ0n) is 18.5. The first kappa shape index (κ1) is 21.1. The number of fused-ring (bicyclic) bond motifs is 1. The van der Waals surface area contributed by atoms with E-state index < -0.39 is 0 Å². The van der Waals surface area contributed by atoms with Gasteiger partial charge in [-0.1, -0.05) is 6.07 Å². The molecule has 0 bridgehead atoms. The number of carbonyl (C=O) groups excluding carboxylic acids is 1. The Bertz CT molecular complexity index is 1140. The molecule has 8 nitrogen and oxygen atoms in total. The lowest BCUT2D eigenvalue weighted by atomic mass is 10.1. The molecule has 4 heterocycles. The minimum Gasteiger partial charge on any atom is -0.486 e. The molecule has 3 aromatic rings. The van der Waals surface area contributed by atoms with Gasteiger partial charge in [-0.25, -0.2) is 4.98 Å². The molecule has 0 unspecified atom stereocenters. The van der Waals surface area contributed by atoms with Crippen LogP contribution >= 0.6 is 0 Å². The number of rotatable bonds is 6. The van der Waals surface area contributed by atoms with Gasteiger partial charge in [0.05, 0.1) is 23.6 Å². The van der Waals surface area contributed by atoms with Gasteiger partial charge in [-0.3, -0.25) is 9.78 Å². The van der Waals surface area contributed by atoms with Crippen LogP contribution in [0.2, 0.25) is 0 Å². The Morgan fingerprint density at radius 2 is 2.03 bits per heavy atom. The molecule has 2 aliphatic heterocycles. The van der Waals surface area contributed by atoms with Gasteiger partial charge in [0.2, 0.25) is 0 Å². The smallest absolute Gasteiger partial charge is 0.261 e. The van der Waals surface area contributed by atoms with Gasteiger partial charge in [-0.15, -0.1) is 0 Å². The number of pyridine rings is 2. The number of carbonyl (C=O) groups is 1. The molecule has 0 aliphatic carbocycles. The van der Waals surface area contributed by atoms with Crippen molar-refractivity contribution in [2.24, 2.45) is 0 Å². The van der Waals surface area contributed by atoms with Crippen LogP contribution in [-0.2, 0) is 4.79 Å². The third-order valence-electron chi connectivity index (χ3n) is 5.74. The molecule has 1 fully saturated rings. The van der Waals surface area contributed by atoms with Crippen LogP contribution in [0.5, 0.6) is 17.2 Å². The van der Waals surface area contributed by atoms with Crippen molar-refractivity contribution in [1.82, 2.24) is 14.9 Å². The number of nitrogens with one attached hydrogen (secondary N) is 1. The van der Waals surface area contributed by atoms with Crippen molar-refractivity contribution in [1.29, 1.82) is 0 Å². The molecular formula is C25H26N4O4. The summed E-state index contributed by atoms with van der Waals surface area (Å²) >= 11 is 0. The molecule has 5 rings (SSSR count). The number of likely N-dealkylation sites (tertiary alicyclic amines) is 1. The Morgan fingerprint density at radius 1 is 1.15 bits per heavy atom. The maximum atomic E-state index is 12.9. The Morgan fingerprint density at radius 3 is 2.85 bits per heavy atom. The van der Waals surface area contributed by atoms with E-state index >= 15 is 0 Å². The predicted molar refractivity (Wildman–Crippen MR) is 123 cm³/mol. The van der Waals surface area contributed by atoms with Crippen molar-refractivity contribution >= 4 is 17.4 Å². The van der Waals surface area contributed by atoms with E-state index in [2.05, 4.69) is 15.3 Å². The van der Waals surface area contributed by atoms with Crippen LogP contribution in [0.25, 0.3) is 0 Å². The van der Waals surface area contributed by atoms with E-state index in [0.29, 0.717) is 37.0 Å². The van der Waals surface area contributed by atoms with E-state index in [1.54, 1.807) is 24.4 Å². The average molecular weight is 447 g/mol. The third kappa shape index (κ3) is 4.84. The molecule has 2 aromatic heterocycles. The van der Waals surface area contributed by atoms with E-state index in [1.807, 2.05) is 42.2 Å². The van der Waals surface area contributed by atoms with E-state index in [0.717, 1.165) is 35.7 Å². The molecule has 8 heteroatoms. The largest absolute Gasteiger partial charge is 0.486 e. The number of aromatic nitrogens is 2. The Labute approximate surface area is 192 Å². The molecule has 0 radical (unpaired) electrons. The number of benzene rings is 1. The minimum absolute atomic E-state index is 0.0329. The highest BCUT2D eigenvalue weighted by molar-refractivity contribution is 5.78. The summed E-state index contributed by atoms with van der Waals surface area (Å²) in [6.45, 7) is 3.66. The van der Waals surface area contributed by atoms with Crippen LogP contribution in [0.3, 0.4) is 0 Å². The lowest BCUT2D eigenvalue weighted by molar-refractivity contribution is -0.134. The summed E-state index contributed by atoms with van der Waals surface area (Å²) in [5.74, 6) is 2.64. The Hall–Kier alpha value is -3.81. The monoisotopic (exact) mass is 446 g/mol. The maximum Gasteiger partial charge on any atom is 0.261 e. The number of nitrogens with zero attached hydrogens (tertiary/aromatic N) is 3. The van der Waals surface area contributed by atoms with Crippen molar-refractivity contribution in [2.45, 2.75) is 25.8 Å². The Kier molecular flexibility index (Phi) is 5.97. The fourth-order valence-corrected chi connectivity index (χ4v) is 4.15. The van der Waals surface area contributed by atoms with Crippen molar-refractivity contribution < 1.29 is 19.0 Å². The second-order valence-corrected chi connectivity index (χ2v) is 8.10. The van der Waals surface area contributed by atoms with Crippen LogP contribution in [0.15, 0.2) is 54.7 Å². The highest BCUT2D eigenvalue weighted by Crippen LogP contribution is 2.34. The van der Waals surface area contributed by atoms with Crippen LogP contribution in [-0.4, -0.2) is 47.1 Å². The molecule has 33 heavy (non-hydrogen) atoms. The number of hydrogen-bond donors (Lipinski definition) is 1. The highest BCUT2D eigenvalue weighted by Gasteiger charge is 2.31. The molecule has 1 atom stereocenters. The first-order valence-electron chi connectivity index (χ1n) is 11.1. The molecule has 0 saturated carbocycles. The molecular weight excluding hydrogens is 420 g/mol. The standard InChI is InChI=1S/C25H26N4O4/c1-17-4-2-6-24(27-17)28-18-7-9-20(26-15-18)21-5-3-11-29(21)25(30)16-33-19-8-10-22-23(14-19)32-13-12-31-22/h2,4,6-10,14-15,21H,3,5,11-13,16H2,1H3,(H,27,28)/t21-/m1/s1. The van der Waals surface area contributed by atoms with E-state index in [1.165, 1.54) is 0 Å². The fourth-order valence-electron chi connectivity index (χ4n) is 4.15. The van der Waals surface area contributed by atoms with Crippen molar-refractivity contribution in [3.63, 3.8) is 0 Å². The number of ether oxygens (including phenoxy) is 3. The zero-order chi connectivity index (χ0) is 22.6. The van der Waals surface area contributed by atoms with Gasteiger partial charge >= 0.3 is 0 Å². The van der Waals surface area contributed by atoms with Gasteiger partial charge in [-0.2, -0.15) is 0 Å². The van der Waals surface area contributed by atoms with Crippen LogP contribution < -0.4 is 19.5 Å². The SMILES string of the molecule is Cc1cccc(Nc2ccc([C@H]3CCCN3C(=O)COc3ccc4c(c3)OCCO4)nc2)n1. The molecule has 1 aromatic carbocycles. The number of aryl methyl sites for hydroxylation is 1. The van der Waals surface area contributed by atoms with Gasteiger partial charge in [0.25, 0.3) is 5.91 Å². The maximum absolute atomic E-state index is 12.9. The summed E-state index contributed by atoms with van der Waals surface area (Å²) in [5, 5.41) is 3.26.